The molecule has 8 rings (SSSR count). The van der Waals surface area contributed by atoms with E-state index in [9.17, 15) is 19.2 Å². The van der Waals surface area contributed by atoms with Gasteiger partial charge < -0.3 is 14.6 Å². The topological polar surface area (TPSA) is 99.8 Å². The van der Waals surface area contributed by atoms with Gasteiger partial charge >= 0.3 is 4.87 Å². The highest BCUT2D eigenvalue weighted by Crippen LogP contribution is 2.69. The number of likely N-dealkylation sites (tertiary alicyclic amines) is 1. The number of imide groups is 1. The van der Waals surface area contributed by atoms with Crippen molar-refractivity contribution in [2.24, 2.45) is 29.6 Å². The third kappa shape index (κ3) is 4.57. The van der Waals surface area contributed by atoms with Gasteiger partial charge in [0.05, 0.1) is 22.5 Å². The zero-order chi connectivity index (χ0) is 30.3. The number of rotatable bonds is 5. The molecule has 228 valence electrons. The summed E-state index contributed by atoms with van der Waals surface area (Å²) in [5, 5.41) is 0.902. The Balaban J connectivity index is 1.16. The molecule has 5 aliphatic rings. The molecule has 0 unspecified atom stereocenters. The van der Waals surface area contributed by atoms with Gasteiger partial charge in [-0.2, -0.15) is 0 Å². The second-order valence-corrected chi connectivity index (χ2v) is 16.4. The molecular formula is C32H29Br2N3O5S2. The maximum absolute atomic E-state index is 14.0. The molecule has 2 aromatic carbocycles. The van der Waals surface area contributed by atoms with Gasteiger partial charge in [-0.15, -0.1) is 11.8 Å². The lowest BCUT2D eigenvalue weighted by Crippen LogP contribution is -2.43. The van der Waals surface area contributed by atoms with Gasteiger partial charge in [-0.05, 0) is 85.9 Å². The average Bonchev–Trinajstić information content (AvgIpc) is 3.76. The Hall–Kier alpha value is -2.41. The highest BCUT2D eigenvalue weighted by atomic mass is 79.9. The molecule has 12 heteroatoms. The highest BCUT2D eigenvalue weighted by molar-refractivity contribution is 9.10. The zero-order valence-corrected chi connectivity index (χ0v) is 28.3. The number of aromatic nitrogens is 1. The number of nitrogens with one attached hydrogen (secondary N) is 1. The normalized spacial score (nSPS) is 30.4. The van der Waals surface area contributed by atoms with Gasteiger partial charge in [-0.25, -0.2) is 0 Å². The van der Waals surface area contributed by atoms with Crippen LogP contribution in [0.1, 0.15) is 42.0 Å². The maximum atomic E-state index is 14.0. The Kier molecular flexibility index (Phi) is 7.34. The van der Waals surface area contributed by atoms with Crippen LogP contribution in [-0.2, 0) is 14.4 Å². The molecule has 2 aliphatic carbocycles. The number of thiazole rings is 1. The summed E-state index contributed by atoms with van der Waals surface area (Å²) < 4.78 is 8.04. The number of anilines is 1. The summed E-state index contributed by atoms with van der Waals surface area (Å²) in [4.78, 5) is 60.9. The third-order valence-corrected chi connectivity index (χ3v) is 13.8. The Bertz CT molecular complexity index is 1740. The number of benzene rings is 2. The van der Waals surface area contributed by atoms with E-state index in [1.165, 1.54) is 16.2 Å². The molecule has 2 bridgehead atoms. The van der Waals surface area contributed by atoms with Crippen LogP contribution in [0.15, 0.2) is 61.2 Å². The molecule has 1 N–H and O–H groups in total. The number of halogens is 2. The van der Waals surface area contributed by atoms with E-state index >= 15 is 0 Å². The van der Waals surface area contributed by atoms with E-state index in [1.807, 2.05) is 47.4 Å². The van der Waals surface area contributed by atoms with Crippen LogP contribution in [-0.4, -0.2) is 52.6 Å². The number of ether oxygens (including phenoxy) is 1. The molecule has 0 spiro atoms. The Morgan fingerprint density at radius 1 is 0.932 bits per heavy atom. The lowest BCUT2D eigenvalue weighted by atomic mass is 9.68. The molecule has 4 fully saturated rings. The number of piperidine rings is 1. The minimum Gasteiger partial charge on any atom is -0.483 e. The van der Waals surface area contributed by atoms with Crippen LogP contribution in [0.5, 0.6) is 5.75 Å². The van der Waals surface area contributed by atoms with Crippen molar-refractivity contribution in [2.75, 3.05) is 24.6 Å². The smallest absolute Gasteiger partial charge is 0.305 e. The van der Waals surface area contributed by atoms with Crippen LogP contribution in [0, 0.1) is 29.6 Å². The molecule has 8 nitrogen and oxygen atoms in total. The number of hydrogen-bond donors (Lipinski definition) is 1. The van der Waals surface area contributed by atoms with Crippen molar-refractivity contribution < 1.29 is 19.1 Å². The van der Waals surface area contributed by atoms with E-state index in [4.69, 9.17) is 4.74 Å². The van der Waals surface area contributed by atoms with Crippen molar-refractivity contribution in [3.63, 3.8) is 0 Å². The van der Waals surface area contributed by atoms with Crippen molar-refractivity contribution in [1.82, 2.24) is 9.88 Å². The summed E-state index contributed by atoms with van der Waals surface area (Å²) >= 11 is 9.98. The lowest BCUT2D eigenvalue weighted by molar-refractivity contribution is -0.134. The number of amides is 3. The minimum atomic E-state index is -0.394. The summed E-state index contributed by atoms with van der Waals surface area (Å²) in [5.41, 5.74) is 1.51. The second kappa shape index (κ2) is 11.1. The highest BCUT2D eigenvalue weighted by Gasteiger charge is 2.69. The molecule has 44 heavy (non-hydrogen) atoms. The Morgan fingerprint density at radius 2 is 1.64 bits per heavy atom. The van der Waals surface area contributed by atoms with Crippen molar-refractivity contribution in [3.05, 3.63) is 71.5 Å². The molecule has 2 saturated carbocycles. The number of aromatic amines is 1. The molecule has 4 heterocycles. The maximum Gasteiger partial charge on any atom is 0.305 e. The van der Waals surface area contributed by atoms with Crippen LogP contribution in [0.3, 0.4) is 0 Å². The van der Waals surface area contributed by atoms with Crippen LogP contribution in [0.2, 0.25) is 0 Å². The van der Waals surface area contributed by atoms with E-state index in [0.717, 1.165) is 63.2 Å². The van der Waals surface area contributed by atoms with Crippen LogP contribution < -0.4 is 14.5 Å². The van der Waals surface area contributed by atoms with Gasteiger partial charge in [-0.1, -0.05) is 43.2 Å². The minimum absolute atomic E-state index is 0.0171. The number of H-pyrrole nitrogens is 1. The quantitative estimate of drug-likeness (QED) is 0.319. The van der Waals surface area contributed by atoms with E-state index < -0.39 is 5.92 Å². The molecular weight excluding hydrogens is 730 g/mol. The van der Waals surface area contributed by atoms with Crippen molar-refractivity contribution >= 4 is 78.4 Å². The van der Waals surface area contributed by atoms with Gasteiger partial charge in [0.2, 0.25) is 11.8 Å². The van der Waals surface area contributed by atoms with Crippen molar-refractivity contribution in [2.45, 2.75) is 41.9 Å². The van der Waals surface area contributed by atoms with E-state index in [0.29, 0.717) is 11.4 Å². The van der Waals surface area contributed by atoms with Gasteiger partial charge in [0, 0.05) is 43.6 Å². The van der Waals surface area contributed by atoms with Gasteiger partial charge in [0.15, 0.2) is 6.61 Å². The van der Waals surface area contributed by atoms with Gasteiger partial charge in [0.25, 0.3) is 5.91 Å². The first kappa shape index (κ1) is 29.0. The van der Waals surface area contributed by atoms with E-state index in [2.05, 4.69) is 36.8 Å². The SMILES string of the molecule is O=C(COc1ccc(Br)cc1[C@@H]1c2sc(=O)[nH]c2S[C@@H]2[C@@H]3C[C@@H]([C@@H]4C(=O)N(c5ccc(Br)cc5)C(=O)[C@@H]34)[C@H]12)N1CCCCC1. The summed E-state index contributed by atoms with van der Waals surface area (Å²) in [6.45, 7) is 1.47. The number of thioether (sulfide) groups is 1. The first-order valence-corrected chi connectivity index (χ1v) is 18.3. The molecule has 2 saturated heterocycles. The standard InChI is InChI=1S/C32H29Br2N3O5S2/c33-15-4-7-17(8-5-15)37-30(39)25-19-13-20(26(25)31(37)40)27-24(19)23(28-29(43-27)35-32(41)44-28)18-12-16(34)6-9-21(18)42-14-22(38)36-10-2-1-3-11-36/h4-9,12,19-20,23-27H,1-3,10-11,13-14H2,(H,35,41)/t19-,20-,23+,24-,25+,26+,27-/m1/s1. The monoisotopic (exact) mass is 757 g/mol. The molecule has 1 aromatic heterocycles. The van der Waals surface area contributed by atoms with E-state index in [-0.39, 0.29) is 64.0 Å². The number of fused-ring (bicyclic) bond motifs is 9. The largest absolute Gasteiger partial charge is 0.483 e. The third-order valence-electron chi connectivity index (χ3n) is 10.2. The summed E-state index contributed by atoms with van der Waals surface area (Å²) in [6.07, 6.45) is 3.97. The predicted molar refractivity (Wildman–Crippen MR) is 175 cm³/mol. The average molecular weight is 760 g/mol. The Morgan fingerprint density at radius 3 is 2.39 bits per heavy atom. The Labute approximate surface area is 279 Å². The fourth-order valence-corrected chi connectivity index (χ4v) is 12.0. The number of hydrogen-bond acceptors (Lipinski definition) is 7. The summed E-state index contributed by atoms with van der Waals surface area (Å²) in [7, 11) is 0. The van der Waals surface area contributed by atoms with Crippen LogP contribution in [0.4, 0.5) is 5.69 Å². The van der Waals surface area contributed by atoms with Crippen molar-refractivity contribution in [1.29, 1.82) is 0 Å². The fourth-order valence-electron chi connectivity index (χ4n) is 8.48. The van der Waals surface area contributed by atoms with Gasteiger partial charge in [0.1, 0.15) is 5.75 Å². The first-order chi connectivity index (χ1) is 21.3. The molecule has 3 amide bonds. The van der Waals surface area contributed by atoms with E-state index in [1.54, 1.807) is 11.8 Å². The number of carbonyl (C=O) groups excluding carboxylic acids is 3. The summed E-state index contributed by atoms with van der Waals surface area (Å²) in [6, 6.07) is 13.2. The van der Waals surface area contributed by atoms with Crippen LogP contribution in [0.25, 0.3) is 0 Å². The van der Waals surface area contributed by atoms with Crippen molar-refractivity contribution in [3.8, 4) is 5.75 Å². The molecule has 3 aromatic rings. The zero-order valence-electron chi connectivity index (χ0n) is 23.5. The molecule has 0 radical (unpaired) electrons. The molecule has 3 aliphatic heterocycles. The molecule has 7 atom stereocenters. The number of carbonyl (C=O) groups is 3. The predicted octanol–water partition coefficient (Wildman–Crippen LogP) is 6.03. The fraction of sp³-hybridized carbons (Fsp3) is 0.438. The lowest BCUT2D eigenvalue weighted by Gasteiger charge is -2.43. The van der Waals surface area contributed by atoms with Gasteiger partial charge in [-0.3, -0.25) is 24.1 Å². The first-order valence-electron chi connectivity index (χ1n) is 15.0. The number of nitrogens with zero attached hydrogens (tertiary/aromatic N) is 2. The summed E-state index contributed by atoms with van der Waals surface area (Å²) in [5.74, 6) is -0.572. The second-order valence-electron chi connectivity index (χ2n) is 12.4. The van der Waals surface area contributed by atoms with Crippen LogP contribution >= 0.6 is 55.0 Å².